The molecule has 1 saturated heterocycles. The van der Waals surface area contributed by atoms with E-state index in [1.54, 1.807) is 6.92 Å². The lowest BCUT2D eigenvalue weighted by Crippen LogP contribution is -2.37. The first-order valence-electron chi connectivity index (χ1n) is 10.8. The van der Waals surface area contributed by atoms with Crippen molar-refractivity contribution in [3.63, 3.8) is 0 Å². The van der Waals surface area contributed by atoms with E-state index in [4.69, 9.17) is 4.74 Å². The van der Waals surface area contributed by atoms with Crippen molar-refractivity contribution in [2.45, 2.75) is 90.0 Å². The lowest BCUT2D eigenvalue weighted by atomic mass is 9.85. The summed E-state index contributed by atoms with van der Waals surface area (Å²) in [6, 6.07) is -0.856. The maximum Gasteiger partial charge on any atom is 0.324 e. The van der Waals surface area contributed by atoms with Gasteiger partial charge in [-0.15, -0.1) is 0 Å². The molecule has 0 aromatic rings. The van der Waals surface area contributed by atoms with Gasteiger partial charge in [0.1, 0.15) is 11.8 Å². The van der Waals surface area contributed by atoms with E-state index in [2.05, 4.69) is 5.32 Å². The van der Waals surface area contributed by atoms with Crippen LogP contribution in [0.25, 0.3) is 0 Å². The summed E-state index contributed by atoms with van der Waals surface area (Å²) in [5.41, 5.74) is 0. The van der Waals surface area contributed by atoms with Crippen LogP contribution in [0.15, 0.2) is 0 Å². The van der Waals surface area contributed by atoms with Gasteiger partial charge in [0.05, 0.1) is 6.61 Å². The van der Waals surface area contributed by atoms with Crippen LogP contribution in [0.4, 0.5) is 4.79 Å². The maximum absolute atomic E-state index is 12.4. The van der Waals surface area contributed by atoms with E-state index in [0.717, 1.165) is 51.4 Å². The highest BCUT2D eigenvalue weighted by Crippen LogP contribution is 2.26. The van der Waals surface area contributed by atoms with E-state index in [-0.39, 0.29) is 29.6 Å². The number of Topliss-reactive ketones (excluding diaryl/α,β-unsaturated/α-hetero) is 1. The largest absolute Gasteiger partial charge is 0.466 e. The Kier molecular flexibility index (Phi) is 9.44. The summed E-state index contributed by atoms with van der Waals surface area (Å²) in [5.74, 6) is -0.0729. The topological polar surface area (TPSA) is 92.8 Å². The van der Waals surface area contributed by atoms with Crippen LogP contribution in [0.5, 0.6) is 0 Å². The van der Waals surface area contributed by atoms with E-state index in [9.17, 15) is 19.2 Å². The van der Waals surface area contributed by atoms with Crippen LogP contribution in [0.1, 0.15) is 84.0 Å². The van der Waals surface area contributed by atoms with Gasteiger partial charge in [0.2, 0.25) is 0 Å². The molecule has 28 heavy (non-hydrogen) atoms. The van der Waals surface area contributed by atoms with E-state index < -0.39 is 6.04 Å². The number of rotatable bonds is 12. The highest BCUT2D eigenvalue weighted by atomic mass is 16.5. The van der Waals surface area contributed by atoms with Crippen molar-refractivity contribution in [3.05, 3.63) is 0 Å². The maximum atomic E-state index is 12.4. The predicted molar refractivity (Wildman–Crippen MR) is 105 cm³/mol. The first-order valence-corrected chi connectivity index (χ1v) is 10.8. The summed E-state index contributed by atoms with van der Waals surface area (Å²) < 4.78 is 4.90. The Morgan fingerprint density at radius 3 is 2.46 bits per heavy atom. The van der Waals surface area contributed by atoms with Gasteiger partial charge in [0.25, 0.3) is 5.91 Å². The molecule has 1 atom stereocenters. The molecule has 1 N–H and O–H groups in total. The molecule has 3 amide bonds. The Bertz CT molecular complexity index is 557. The van der Waals surface area contributed by atoms with Crippen LogP contribution in [-0.2, 0) is 19.1 Å². The van der Waals surface area contributed by atoms with Crippen molar-refractivity contribution in [2.75, 3.05) is 13.2 Å². The van der Waals surface area contributed by atoms with Crippen molar-refractivity contribution in [1.29, 1.82) is 0 Å². The van der Waals surface area contributed by atoms with Crippen molar-refractivity contribution < 1.29 is 23.9 Å². The average molecular weight is 395 g/mol. The summed E-state index contributed by atoms with van der Waals surface area (Å²) >= 11 is 0. The lowest BCUT2D eigenvalue weighted by molar-refractivity contribution is -0.143. The smallest absolute Gasteiger partial charge is 0.324 e. The minimum atomic E-state index is -0.475. The fourth-order valence-electron chi connectivity index (χ4n) is 4.14. The Morgan fingerprint density at radius 2 is 1.75 bits per heavy atom. The van der Waals surface area contributed by atoms with Crippen molar-refractivity contribution >= 4 is 23.7 Å². The van der Waals surface area contributed by atoms with Crippen molar-refractivity contribution in [1.82, 2.24) is 10.2 Å². The highest BCUT2D eigenvalue weighted by molar-refractivity contribution is 6.04. The molecule has 0 radical (unpaired) electrons. The average Bonchev–Trinajstić information content (AvgIpc) is 2.96. The molecule has 2 aliphatic rings. The number of imide groups is 1. The van der Waals surface area contributed by atoms with Gasteiger partial charge in [0.15, 0.2) is 0 Å². The Balaban J connectivity index is 1.69. The summed E-state index contributed by atoms with van der Waals surface area (Å²) in [7, 11) is 0. The number of nitrogens with one attached hydrogen (secondary N) is 1. The van der Waals surface area contributed by atoms with E-state index >= 15 is 0 Å². The number of hydrogen-bond acceptors (Lipinski definition) is 5. The Morgan fingerprint density at radius 1 is 1.04 bits per heavy atom. The van der Waals surface area contributed by atoms with Crippen molar-refractivity contribution in [3.8, 4) is 0 Å². The van der Waals surface area contributed by atoms with Crippen LogP contribution in [0.2, 0.25) is 0 Å². The second kappa shape index (κ2) is 11.8. The van der Waals surface area contributed by atoms with E-state index in [1.807, 2.05) is 0 Å². The fraction of sp³-hybridized carbons (Fsp3) is 0.810. The summed E-state index contributed by atoms with van der Waals surface area (Å²) in [6.07, 6.45) is 10.0. The summed E-state index contributed by atoms with van der Waals surface area (Å²) in [6.45, 7) is 2.52. The number of carbonyl (C=O) groups excluding carboxylic acids is 4. The van der Waals surface area contributed by atoms with E-state index in [0.29, 0.717) is 32.4 Å². The van der Waals surface area contributed by atoms with Gasteiger partial charge in [-0.3, -0.25) is 19.7 Å². The Labute approximate surface area is 167 Å². The number of esters is 1. The van der Waals surface area contributed by atoms with Crippen LogP contribution in [-0.4, -0.2) is 47.8 Å². The molecule has 1 aliphatic carbocycles. The molecule has 0 aromatic carbocycles. The normalized spacial score (nSPS) is 20.3. The van der Waals surface area contributed by atoms with Gasteiger partial charge >= 0.3 is 12.0 Å². The molecule has 1 saturated carbocycles. The molecule has 0 spiro atoms. The molecule has 2 fully saturated rings. The van der Waals surface area contributed by atoms with Gasteiger partial charge in [-0.05, 0) is 32.6 Å². The standard InChI is InChI=1S/C21H34N2O5/c1-2-28-19(25)13-9-4-3-8-12-17-20(26)22-21(27)23(17)15-14-18(24)16-10-6-5-7-11-16/h16-17H,2-15H2,1H3,(H,22,26,27). The predicted octanol–water partition coefficient (Wildman–Crippen LogP) is 3.35. The van der Waals surface area contributed by atoms with Crippen molar-refractivity contribution in [2.24, 2.45) is 5.92 Å². The molecule has 7 heteroatoms. The molecule has 1 unspecified atom stereocenters. The van der Waals surface area contributed by atoms with E-state index in [1.165, 1.54) is 11.3 Å². The molecule has 158 valence electrons. The highest BCUT2D eigenvalue weighted by Gasteiger charge is 2.37. The summed E-state index contributed by atoms with van der Waals surface area (Å²) in [5, 5.41) is 2.38. The van der Waals surface area contributed by atoms with Gasteiger partial charge in [-0.1, -0.05) is 38.5 Å². The van der Waals surface area contributed by atoms with Crippen LogP contribution >= 0.6 is 0 Å². The molecule has 7 nitrogen and oxygen atoms in total. The number of ether oxygens (including phenoxy) is 1. The number of amides is 3. The number of urea groups is 1. The monoisotopic (exact) mass is 394 g/mol. The third-order valence-corrected chi connectivity index (χ3v) is 5.74. The number of nitrogens with zero attached hydrogens (tertiary/aromatic N) is 1. The third kappa shape index (κ3) is 6.91. The third-order valence-electron chi connectivity index (χ3n) is 5.74. The molecular weight excluding hydrogens is 360 g/mol. The van der Waals surface area contributed by atoms with Gasteiger partial charge < -0.3 is 9.64 Å². The first-order chi connectivity index (χ1) is 13.5. The molecule has 0 bridgehead atoms. The van der Waals surface area contributed by atoms with Crippen LogP contribution < -0.4 is 5.32 Å². The quantitative estimate of drug-likeness (QED) is 0.311. The molecule has 1 heterocycles. The molecular formula is C21H34N2O5. The minimum absolute atomic E-state index is 0.132. The first kappa shape index (κ1) is 22.4. The zero-order valence-corrected chi connectivity index (χ0v) is 17.0. The van der Waals surface area contributed by atoms with Crippen LogP contribution in [0, 0.1) is 5.92 Å². The minimum Gasteiger partial charge on any atom is -0.466 e. The zero-order valence-electron chi connectivity index (χ0n) is 17.0. The fourth-order valence-corrected chi connectivity index (χ4v) is 4.14. The summed E-state index contributed by atoms with van der Waals surface area (Å²) in [4.78, 5) is 49.4. The van der Waals surface area contributed by atoms with Gasteiger partial charge in [-0.25, -0.2) is 4.79 Å². The SMILES string of the molecule is CCOC(=O)CCCCCCC1C(=O)NC(=O)N1CCC(=O)C1CCCCC1. The number of ketones is 1. The molecule has 2 rings (SSSR count). The second-order valence-corrected chi connectivity index (χ2v) is 7.81. The molecule has 0 aromatic heterocycles. The number of unbranched alkanes of at least 4 members (excludes halogenated alkanes) is 3. The van der Waals surface area contributed by atoms with Gasteiger partial charge in [-0.2, -0.15) is 0 Å². The lowest BCUT2D eigenvalue weighted by Gasteiger charge is -2.24. The number of carbonyl (C=O) groups is 4. The number of hydrogen-bond donors (Lipinski definition) is 1. The zero-order chi connectivity index (χ0) is 20.4. The second-order valence-electron chi connectivity index (χ2n) is 7.81. The van der Waals surface area contributed by atoms with Gasteiger partial charge in [0, 0.05) is 25.3 Å². The Hall–Kier alpha value is -1.92. The molecule has 1 aliphatic heterocycles. The van der Waals surface area contributed by atoms with Crippen LogP contribution in [0.3, 0.4) is 0 Å².